The molecule has 5 nitrogen and oxygen atoms in total. The molecule has 162 valence electrons. The monoisotopic (exact) mass is 417 g/mol. The van der Waals surface area contributed by atoms with Crippen molar-refractivity contribution in [2.24, 2.45) is 0 Å². The average molecular weight is 418 g/mol. The van der Waals surface area contributed by atoms with Crippen LogP contribution in [0.25, 0.3) is 27.3 Å². The van der Waals surface area contributed by atoms with E-state index in [-0.39, 0.29) is 17.0 Å². The number of nitrogens with one attached hydrogen (secondary N) is 1. The fraction of sp³-hybridized carbons (Fsp3) is 0.385. The van der Waals surface area contributed by atoms with Gasteiger partial charge in [-0.1, -0.05) is 62.6 Å². The van der Waals surface area contributed by atoms with Gasteiger partial charge in [0.05, 0.1) is 11.0 Å². The van der Waals surface area contributed by atoms with Crippen LogP contribution in [0.2, 0.25) is 0 Å². The van der Waals surface area contributed by atoms with Gasteiger partial charge < -0.3 is 9.72 Å². The molecular weight excluding hydrogens is 386 g/mol. The fourth-order valence-corrected chi connectivity index (χ4v) is 4.39. The number of carbonyl (C=O) groups is 1. The topological polar surface area (TPSA) is 55.5 Å². The molecule has 2 aromatic heterocycles. The van der Waals surface area contributed by atoms with E-state index >= 15 is 0 Å². The molecule has 0 aliphatic heterocycles. The zero-order chi connectivity index (χ0) is 22.2. The summed E-state index contributed by atoms with van der Waals surface area (Å²) in [6.07, 6.45) is 5.63. The van der Waals surface area contributed by atoms with Crippen LogP contribution in [0.5, 0.6) is 0 Å². The van der Waals surface area contributed by atoms with Crippen LogP contribution in [0.15, 0.2) is 59.5 Å². The molecule has 0 saturated heterocycles. The molecule has 0 saturated carbocycles. The molecule has 1 atom stereocenters. The molecule has 2 heterocycles. The first-order valence-electron chi connectivity index (χ1n) is 11.2. The van der Waals surface area contributed by atoms with E-state index in [4.69, 9.17) is 0 Å². The second kappa shape index (κ2) is 8.22. The van der Waals surface area contributed by atoms with Crippen molar-refractivity contribution in [2.75, 3.05) is 0 Å². The van der Waals surface area contributed by atoms with E-state index in [9.17, 15) is 9.59 Å². The maximum absolute atomic E-state index is 13.9. The first-order valence-corrected chi connectivity index (χ1v) is 11.2. The van der Waals surface area contributed by atoms with E-state index in [1.165, 1.54) is 0 Å². The van der Waals surface area contributed by atoms with Crippen LogP contribution >= 0.6 is 0 Å². The minimum atomic E-state index is -0.554. The standard InChI is InChI=1S/C26H31N3O2/c1-5-6-7-16-22(24(30)27-26(2,3)4)29-21-15-11-10-14-20(21)28-17-18-12-8-9-13-19(18)23(28)25(29)31/h8-15,17,22H,5-7,16H2,1-4H3,(H,27,30). The largest absolute Gasteiger partial charge is 0.350 e. The molecule has 1 N–H and O–H groups in total. The molecular formula is C26H31N3O2. The van der Waals surface area contributed by atoms with Crippen molar-refractivity contribution >= 4 is 33.2 Å². The van der Waals surface area contributed by atoms with Crippen molar-refractivity contribution in [1.82, 2.24) is 14.3 Å². The van der Waals surface area contributed by atoms with Crippen molar-refractivity contribution in [3.8, 4) is 0 Å². The number of hydrogen-bond acceptors (Lipinski definition) is 2. The average Bonchev–Trinajstić information content (AvgIpc) is 3.11. The summed E-state index contributed by atoms with van der Waals surface area (Å²) in [7, 11) is 0. The van der Waals surface area contributed by atoms with Gasteiger partial charge in [-0.2, -0.15) is 0 Å². The van der Waals surface area contributed by atoms with Gasteiger partial charge >= 0.3 is 0 Å². The Labute approximate surface area is 182 Å². The lowest BCUT2D eigenvalue weighted by molar-refractivity contribution is -0.126. The molecule has 0 radical (unpaired) electrons. The van der Waals surface area contributed by atoms with Gasteiger partial charge in [0, 0.05) is 22.5 Å². The Balaban J connectivity index is 2.02. The van der Waals surface area contributed by atoms with Gasteiger partial charge in [-0.05, 0) is 39.3 Å². The third kappa shape index (κ3) is 3.97. The van der Waals surface area contributed by atoms with Gasteiger partial charge in [-0.25, -0.2) is 0 Å². The molecule has 4 aromatic rings. The minimum absolute atomic E-state index is 0.101. The van der Waals surface area contributed by atoms with Gasteiger partial charge in [0.15, 0.2) is 0 Å². The Morgan fingerprint density at radius 1 is 1.00 bits per heavy atom. The molecule has 5 heteroatoms. The molecule has 4 rings (SSSR count). The second-order valence-electron chi connectivity index (χ2n) is 9.35. The Morgan fingerprint density at radius 3 is 2.39 bits per heavy atom. The van der Waals surface area contributed by atoms with Gasteiger partial charge in [0.25, 0.3) is 5.56 Å². The van der Waals surface area contributed by atoms with E-state index < -0.39 is 6.04 Å². The quantitative estimate of drug-likeness (QED) is 0.425. The molecule has 1 unspecified atom stereocenters. The lowest BCUT2D eigenvalue weighted by atomic mass is 10.0. The summed E-state index contributed by atoms with van der Waals surface area (Å²) in [6.45, 7) is 8.06. The predicted molar refractivity (Wildman–Crippen MR) is 128 cm³/mol. The first-order chi connectivity index (χ1) is 14.8. The number of amides is 1. The molecule has 0 aliphatic rings. The van der Waals surface area contributed by atoms with Gasteiger partial charge in [-0.15, -0.1) is 0 Å². The summed E-state index contributed by atoms with van der Waals surface area (Å²) in [5.74, 6) is -0.101. The summed E-state index contributed by atoms with van der Waals surface area (Å²) >= 11 is 0. The third-order valence-electron chi connectivity index (χ3n) is 5.74. The summed E-state index contributed by atoms with van der Waals surface area (Å²) in [6, 6.07) is 15.2. The summed E-state index contributed by atoms with van der Waals surface area (Å²) in [5.41, 5.74) is 1.85. The summed E-state index contributed by atoms with van der Waals surface area (Å²) in [4.78, 5) is 27.3. The third-order valence-corrected chi connectivity index (χ3v) is 5.74. The lowest BCUT2D eigenvalue weighted by Gasteiger charge is -2.27. The number of nitrogens with zero attached hydrogens (tertiary/aromatic N) is 2. The minimum Gasteiger partial charge on any atom is -0.350 e. The number of hydrogen-bond donors (Lipinski definition) is 1. The summed E-state index contributed by atoms with van der Waals surface area (Å²) in [5, 5.41) is 5.04. The zero-order valence-electron chi connectivity index (χ0n) is 18.8. The molecule has 31 heavy (non-hydrogen) atoms. The highest BCUT2D eigenvalue weighted by molar-refractivity contribution is 6.00. The number of fused-ring (bicyclic) bond motifs is 5. The highest BCUT2D eigenvalue weighted by Crippen LogP contribution is 2.27. The Kier molecular flexibility index (Phi) is 5.61. The van der Waals surface area contributed by atoms with E-state index in [1.54, 1.807) is 4.57 Å². The Bertz CT molecular complexity index is 1310. The van der Waals surface area contributed by atoms with Crippen LogP contribution in [0.1, 0.15) is 59.4 Å². The van der Waals surface area contributed by atoms with Gasteiger partial charge in [0.2, 0.25) is 5.91 Å². The van der Waals surface area contributed by atoms with E-state index in [1.807, 2.05) is 79.9 Å². The highest BCUT2D eigenvalue weighted by atomic mass is 16.2. The number of aromatic nitrogens is 2. The van der Waals surface area contributed by atoms with Crippen molar-refractivity contribution in [2.45, 2.75) is 65.0 Å². The second-order valence-corrected chi connectivity index (χ2v) is 9.35. The Morgan fingerprint density at radius 2 is 1.68 bits per heavy atom. The lowest BCUT2D eigenvalue weighted by Crippen LogP contribution is -2.46. The maximum Gasteiger partial charge on any atom is 0.276 e. The molecule has 0 spiro atoms. The van der Waals surface area contributed by atoms with Crippen molar-refractivity contribution < 1.29 is 4.79 Å². The van der Waals surface area contributed by atoms with Crippen LogP contribution in [0.4, 0.5) is 0 Å². The zero-order valence-corrected chi connectivity index (χ0v) is 18.8. The molecule has 1 amide bonds. The van der Waals surface area contributed by atoms with Crippen LogP contribution < -0.4 is 10.9 Å². The maximum atomic E-state index is 13.9. The molecule has 0 bridgehead atoms. The summed E-state index contributed by atoms with van der Waals surface area (Å²) < 4.78 is 3.71. The number of unbranched alkanes of at least 4 members (excludes halogenated alkanes) is 2. The number of carbonyl (C=O) groups excluding carboxylic acids is 1. The molecule has 0 aliphatic carbocycles. The number of rotatable bonds is 6. The predicted octanol–water partition coefficient (Wildman–Crippen LogP) is 5.44. The molecule has 0 fully saturated rings. The van der Waals surface area contributed by atoms with Crippen LogP contribution in [0.3, 0.4) is 0 Å². The van der Waals surface area contributed by atoms with Crippen molar-refractivity contribution in [1.29, 1.82) is 0 Å². The van der Waals surface area contributed by atoms with Crippen LogP contribution in [-0.2, 0) is 4.79 Å². The first kappa shape index (κ1) is 21.2. The SMILES string of the molecule is CCCCCC(C(=O)NC(C)(C)C)n1c(=O)c2c3ccccc3cn2c2ccccc21. The molecule has 2 aromatic carbocycles. The van der Waals surface area contributed by atoms with Crippen molar-refractivity contribution in [3.05, 3.63) is 65.1 Å². The van der Waals surface area contributed by atoms with Crippen LogP contribution in [0, 0.1) is 0 Å². The smallest absolute Gasteiger partial charge is 0.276 e. The Hall–Kier alpha value is -3.08. The van der Waals surface area contributed by atoms with E-state index in [2.05, 4.69) is 12.2 Å². The fourth-order valence-electron chi connectivity index (χ4n) is 4.39. The normalized spacial score (nSPS) is 13.2. The van der Waals surface area contributed by atoms with Gasteiger partial charge in [0.1, 0.15) is 11.6 Å². The highest BCUT2D eigenvalue weighted by Gasteiger charge is 2.28. The van der Waals surface area contributed by atoms with E-state index in [0.29, 0.717) is 11.9 Å². The van der Waals surface area contributed by atoms with Gasteiger partial charge in [-0.3, -0.25) is 14.2 Å². The van der Waals surface area contributed by atoms with Crippen LogP contribution in [-0.4, -0.2) is 20.4 Å². The number of benzene rings is 2. The van der Waals surface area contributed by atoms with Crippen molar-refractivity contribution in [3.63, 3.8) is 0 Å². The van der Waals surface area contributed by atoms with E-state index in [0.717, 1.165) is 41.1 Å². The number of para-hydroxylation sites is 2.